The summed E-state index contributed by atoms with van der Waals surface area (Å²) in [5.74, 6) is 0.0375. The van der Waals surface area contributed by atoms with Crippen molar-refractivity contribution < 1.29 is 4.79 Å². The van der Waals surface area contributed by atoms with Gasteiger partial charge in [-0.05, 0) is 56.1 Å². The minimum absolute atomic E-state index is 0.0375. The van der Waals surface area contributed by atoms with Gasteiger partial charge in [0.05, 0.1) is 28.8 Å². The van der Waals surface area contributed by atoms with E-state index in [1.165, 1.54) is 4.70 Å². The summed E-state index contributed by atoms with van der Waals surface area (Å²) in [6.45, 7) is 3.31. The molecule has 2 aromatic carbocycles. The van der Waals surface area contributed by atoms with Gasteiger partial charge in [-0.25, -0.2) is 4.98 Å². The van der Waals surface area contributed by atoms with Crippen molar-refractivity contribution in [3.63, 3.8) is 0 Å². The van der Waals surface area contributed by atoms with Crippen LogP contribution in [0, 0.1) is 0 Å². The molecule has 1 N–H and O–H groups in total. The Morgan fingerprint density at radius 1 is 1.33 bits per heavy atom. The number of likely N-dealkylation sites (tertiary alicyclic amines) is 1. The molecule has 0 bridgehead atoms. The Labute approximate surface area is 168 Å². The minimum Gasteiger partial charge on any atom is -0.348 e. The van der Waals surface area contributed by atoms with Gasteiger partial charge in [-0.1, -0.05) is 35.9 Å². The Balaban J connectivity index is 1.42. The van der Waals surface area contributed by atoms with E-state index in [0.29, 0.717) is 11.6 Å². The summed E-state index contributed by atoms with van der Waals surface area (Å²) in [7, 11) is 0. The van der Waals surface area contributed by atoms with E-state index in [4.69, 9.17) is 16.6 Å². The topological polar surface area (TPSA) is 45.2 Å². The van der Waals surface area contributed by atoms with E-state index in [-0.39, 0.29) is 18.0 Å². The number of rotatable bonds is 5. The Kier molecular flexibility index (Phi) is 5.43. The molecule has 2 unspecified atom stereocenters. The van der Waals surface area contributed by atoms with Crippen molar-refractivity contribution in [2.45, 2.75) is 31.8 Å². The predicted molar refractivity (Wildman–Crippen MR) is 111 cm³/mol. The summed E-state index contributed by atoms with van der Waals surface area (Å²) in [4.78, 5) is 19.7. The van der Waals surface area contributed by atoms with Crippen molar-refractivity contribution in [2.75, 3.05) is 13.1 Å². The summed E-state index contributed by atoms with van der Waals surface area (Å²) in [5.41, 5.74) is 2.06. The number of thiazole rings is 1. The zero-order chi connectivity index (χ0) is 18.8. The van der Waals surface area contributed by atoms with Crippen LogP contribution in [-0.4, -0.2) is 28.9 Å². The van der Waals surface area contributed by atoms with Crippen LogP contribution in [0.2, 0.25) is 5.02 Å². The van der Waals surface area contributed by atoms with Gasteiger partial charge >= 0.3 is 0 Å². The highest BCUT2D eigenvalue weighted by Gasteiger charge is 2.30. The number of aromatic nitrogens is 1. The molecule has 2 atom stereocenters. The normalized spacial score (nSPS) is 18.7. The number of hydrogen-bond acceptors (Lipinski definition) is 4. The Bertz CT molecular complexity index is 924. The number of nitrogens with zero attached hydrogens (tertiary/aromatic N) is 2. The van der Waals surface area contributed by atoms with Crippen molar-refractivity contribution in [3.05, 3.63) is 64.1 Å². The molecule has 1 aliphatic rings. The average molecular weight is 400 g/mol. The molecule has 0 radical (unpaired) electrons. The van der Waals surface area contributed by atoms with Crippen molar-refractivity contribution in [1.82, 2.24) is 15.2 Å². The predicted octanol–water partition coefficient (Wildman–Crippen LogP) is 4.96. The van der Waals surface area contributed by atoms with Crippen molar-refractivity contribution in [2.24, 2.45) is 0 Å². The first-order valence-electron chi connectivity index (χ1n) is 9.24. The van der Waals surface area contributed by atoms with Crippen LogP contribution in [0.25, 0.3) is 10.2 Å². The highest BCUT2D eigenvalue weighted by Crippen LogP contribution is 2.36. The first-order valence-corrected chi connectivity index (χ1v) is 10.4. The van der Waals surface area contributed by atoms with Crippen LogP contribution in [0.5, 0.6) is 0 Å². The van der Waals surface area contributed by atoms with Gasteiger partial charge in [-0.3, -0.25) is 9.69 Å². The van der Waals surface area contributed by atoms with Crippen molar-refractivity contribution in [1.29, 1.82) is 0 Å². The zero-order valence-electron chi connectivity index (χ0n) is 15.2. The van der Waals surface area contributed by atoms with E-state index in [1.54, 1.807) is 11.3 Å². The van der Waals surface area contributed by atoms with Crippen molar-refractivity contribution in [3.8, 4) is 0 Å². The fourth-order valence-electron chi connectivity index (χ4n) is 3.66. The number of amides is 1. The molecule has 1 aliphatic heterocycles. The fourth-order valence-corrected chi connectivity index (χ4v) is 4.99. The van der Waals surface area contributed by atoms with Gasteiger partial charge in [-0.2, -0.15) is 0 Å². The Morgan fingerprint density at radius 2 is 2.19 bits per heavy atom. The molecule has 1 amide bonds. The van der Waals surface area contributed by atoms with E-state index in [0.717, 1.165) is 35.5 Å². The van der Waals surface area contributed by atoms with Gasteiger partial charge in [-0.15, -0.1) is 11.3 Å². The second-order valence-corrected chi connectivity index (χ2v) is 8.49. The number of fused-ring (bicyclic) bond motifs is 1. The van der Waals surface area contributed by atoms with Gasteiger partial charge in [0.2, 0.25) is 5.91 Å². The Hall–Kier alpha value is -1.95. The molecule has 140 valence electrons. The molecule has 2 heterocycles. The second-order valence-electron chi connectivity index (χ2n) is 6.99. The lowest BCUT2D eigenvalue weighted by Crippen LogP contribution is -2.38. The van der Waals surface area contributed by atoms with Gasteiger partial charge in [0.1, 0.15) is 5.01 Å². The summed E-state index contributed by atoms with van der Waals surface area (Å²) in [5, 5.41) is 4.89. The van der Waals surface area contributed by atoms with E-state index in [9.17, 15) is 4.79 Å². The van der Waals surface area contributed by atoms with Gasteiger partial charge < -0.3 is 5.32 Å². The summed E-state index contributed by atoms with van der Waals surface area (Å²) >= 11 is 7.80. The number of nitrogens with one attached hydrogen (secondary N) is 1. The van der Waals surface area contributed by atoms with E-state index < -0.39 is 0 Å². The minimum atomic E-state index is -0.0697. The lowest BCUT2D eigenvalue weighted by Gasteiger charge is -2.23. The number of carbonyl (C=O) groups is 1. The molecule has 27 heavy (non-hydrogen) atoms. The average Bonchev–Trinajstić information content (AvgIpc) is 3.27. The molecule has 0 saturated carbocycles. The zero-order valence-corrected chi connectivity index (χ0v) is 16.8. The number of carbonyl (C=O) groups excluding carboxylic acids is 1. The maximum Gasteiger partial charge on any atom is 0.234 e. The summed E-state index contributed by atoms with van der Waals surface area (Å²) in [6.07, 6.45) is 2.15. The number of hydrogen-bond donors (Lipinski definition) is 1. The molecule has 4 nitrogen and oxygen atoms in total. The molecule has 0 spiro atoms. The third-order valence-corrected chi connectivity index (χ3v) is 6.40. The van der Waals surface area contributed by atoms with Gasteiger partial charge in [0.15, 0.2) is 0 Å². The van der Waals surface area contributed by atoms with Crippen LogP contribution in [0.4, 0.5) is 0 Å². The lowest BCUT2D eigenvalue weighted by molar-refractivity contribution is -0.123. The maximum atomic E-state index is 12.6. The number of benzene rings is 2. The van der Waals surface area contributed by atoms with Crippen LogP contribution in [0.15, 0.2) is 48.5 Å². The van der Waals surface area contributed by atoms with E-state index >= 15 is 0 Å². The van der Waals surface area contributed by atoms with E-state index in [2.05, 4.69) is 16.3 Å². The lowest BCUT2D eigenvalue weighted by atomic mass is 10.1. The third-order valence-electron chi connectivity index (χ3n) is 5.03. The number of halogens is 1. The highest BCUT2D eigenvalue weighted by molar-refractivity contribution is 7.18. The molecule has 3 aromatic rings. The van der Waals surface area contributed by atoms with Gasteiger partial charge in [0, 0.05) is 5.02 Å². The quantitative estimate of drug-likeness (QED) is 0.659. The fraction of sp³-hybridized carbons (Fsp3) is 0.333. The third kappa shape index (κ3) is 4.15. The van der Waals surface area contributed by atoms with Crippen LogP contribution in [-0.2, 0) is 4.79 Å². The van der Waals surface area contributed by atoms with Crippen LogP contribution < -0.4 is 5.32 Å². The molecule has 6 heteroatoms. The Morgan fingerprint density at radius 3 is 3.00 bits per heavy atom. The molecular formula is C21H22ClN3OS. The smallest absolute Gasteiger partial charge is 0.234 e. The maximum absolute atomic E-state index is 12.6. The first kappa shape index (κ1) is 18.4. The second kappa shape index (κ2) is 7.97. The molecule has 1 saturated heterocycles. The van der Waals surface area contributed by atoms with Crippen LogP contribution in [0.1, 0.15) is 42.4 Å². The molecule has 1 fully saturated rings. The number of para-hydroxylation sites is 1. The molecule has 1 aromatic heterocycles. The largest absolute Gasteiger partial charge is 0.348 e. The van der Waals surface area contributed by atoms with Crippen molar-refractivity contribution >= 4 is 39.1 Å². The standard InChI is InChI=1S/C21H22ClN3OS/c1-14(15-6-4-7-16(22)12-15)23-20(26)13-25-11-5-9-18(25)21-24-17-8-2-3-10-19(17)27-21/h2-4,6-8,10,12,14,18H,5,9,11,13H2,1H3,(H,23,26). The monoisotopic (exact) mass is 399 g/mol. The SMILES string of the molecule is CC(NC(=O)CN1CCCC1c1nc2ccccc2s1)c1cccc(Cl)c1. The highest BCUT2D eigenvalue weighted by atomic mass is 35.5. The molecule has 0 aliphatic carbocycles. The summed E-state index contributed by atoms with van der Waals surface area (Å²) < 4.78 is 1.21. The summed E-state index contributed by atoms with van der Waals surface area (Å²) in [6, 6.07) is 16.0. The first-order chi connectivity index (χ1) is 13.1. The van der Waals surface area contributed by atoms with E-state index in [1.807, 2.05) is 49.4 Å². The van der Waals surface area contributed by atoms with Crippen LogP contribution in [0.3, 0.4) is 0 Å². The molecular weight excluding hydrogens is 378 g/mol. The molecule has 4 rings (SSSR count). The van der Waals surface area contributed by atoms with Gasteiger partial charge in [0.25, 0.3) is 0 Å². The van der Waals surface area contributed by atoms with Crippen LogP contribution >= 0.6 is 22.9 Å².